The molecule has 1 fully saturated rings. The fourth-order valence-electron chi connectivity index (χ4n) is 3.31. The number of methoxy groups -OCH3 is 1. The van der Waals surface area contributed by atoms with Crippen LogP contribution in [0.1, 0.15) is 31.0 Å². The van der Waals surface area contributed by atoms with Gasteiger partial charge in [-0.25, -0.2) is 9.78 Å². The van der Waals surface area contributed by atoms with Crippen molar-refractivity contribution < 1.29 is 9.53 Å². The predicted octanol–water partition coefficient (Wildman–Crippen LogP) is 2.08. The molecule has 0 unspecified atom stereocenters. The minimum atomic E-state index is -0.410. The molecule has 1 aliphatic heterocycles. The van der Waals surface area contributed by atoms with Crippen LogP contribution < -0.4 is 0 Å². The Morgan fingerprint density at radius 3 is 2.91 bits per heavy atom. The number of pyridine rings is 1. The topological polar surface area (TPSA) is 60.2 Å². The number of piperidine rings is 1. The van der Waals surface area contributed by atoms with E-state index in [4.69, 9.17) is 4.74 Å². The second-order valence-corrected chi connectivity index (χ2v) is 6.05. The first-order valence-corrected chi connectivity index (χ1v) is 7.90. The van der Waals surface area contributed by atoms with Crippen molar-refractivity contribution in [3.05, 3.63) is 48.8 Å². The Kier molecular flexibility index (Phi) is 4.71. The Morgan fingerprint density at radius 2 is 2.26 bits per heavy atom. The van der Waals surface area contributed by atoms with E-state index in [2.05, 4.69) is 26.4 Å². The Balaban J connectivity index is 1.86. The van der Waals surface area contributed by atoms with Gasteiger partial charge >= 0.3 is 5.97 Å². The van der Waals surface area contributed by atoms with Crippen molar-refractivity contribution >= 4 is 5.97 Å². The van der Waals surface area contributed by atoms with Crippen molar-refractivity contribution in [3.8, 4) is 0 Å². The maximum Gasteiger partial charge on any atom is 0.327 e. The third-order valence-electron chi connectivity index (χ3n) is 4.65. The summed E-state index contributed by atoms with van der Waals surface area (Å²) >= 11 is 0. The number of carbonyl (C=O) groups excluding carboxylic acids is 1. The number of hydrogen-bond acceptors (Lipinski definition) is 5. The zero-order chi connectivity index (χ0) is 16.2. The van der Waals surface area contributed by atoms with E-state index in [1.807, 2.05) is 24.7 Å². The van der Waals surface area contributed by atoms with Crippen LogP contribution >= 0.6 is 0 Å². The van der Waals surface area contributed by atoms with E-state index < -0.39 is 6.04 Å². The molecular formula is C17H22N4O2. The third-order valence-corrected chi connectivity index (χ3v) is 4.65. The normalized spacial score (nSPS) is 23.4. The van der Waals surface area contributed by atoms with Gasteiger partial charge in [-0.1, -0.05) is 13.0 Å². The number of aromatic nitrogens is 3. The quantitative estimate of drug-likeness (QED) is 0.809. The molecule has 2 aromatic heterocycles. The molecule has 0 N–H and O–H groups in total. The summed E-state index contributed by atoms with van der Waals surface area (Å²) in [6.07, 6.45) is 10.1. The Bertz CT molecular complexity index is 629. The highest BCUT2D eigenvalue weighted by Crippen LogP contribution is 2.33. The molecule has 0 aliphatic carbocycles. The first-order valence-electron chi connectivity index (χ1n) is 7.90. The number of hydrogen-bond donors (Lipinski definition) is 0. The van der Waals surface area contributed by atoms with Gasteiger partial charge in [0, 0.05) is 37.4 Å². The summed E-state index contributed by atoms with van der Waals surface area (Å²) in [5.41, 5.74) is 0.873. The van der Waals surface area contributed by atoms with Gasteiger partial charge in [-0.3, -0.25) is 9.88 Å². The van der Waals surface area contributed by atoms with E-state index in [-0.39, 0.29) is 5.97 Å². The Labute approximate surface area is 136 Å². The highest BCUT2D eigenvalue weighted by atomic mass is 16.5. The van der Waals surface area contributed by atoms with Crippen LogP contribution in [0.5, 0.6) is 0 Å². The van der Waals surface area contributed by atoms with Gasteiger partial charge in [-0.05, 0) is 30.5 Å². The van der Waals surface area contributed by atoms with Crippen molar-refractivity contribution in [3.63, 3.8) is 0 Å². The number of carbonyl (C=O) groups is 1. The average Bonchev–Trinajstić information content (AvgIpc) is 3.11. The fourth-order valence-corrected chi connectivity index (χ4v) is 3.31. The molecule has 1 saturated heterocycles. The SMILES string of the molecule is COC(=O)[C@H](c1cccnc1)N1CC[C@H](C)[C@@H](n2ccnc2)C1. The molecule has 0 spiro atoms. The van der Waals surface area contributed by atoms with E-state index in [0.29, 0.717) is 12.0 Å². The van der Waals surface area contributed by atoms with Crippen LogP contribution in [-0.2, 0) is 9.53 Å². The summed E-state index contributed by atoms with van der Waals surface area (Å²) in [5, 5.41) is 0. The largest absolute Gasteiger partial charge is 0.468 e. The summed E-state index contributed by atoms with van der Waals surface area (Å²) in [4.78, 5) is 22.9. The monoisotopic (exact) mass is 314 g/mol. The predicted molar refractivity (Wildman–Crippen MR) is 85.6 cm³/mol. The number of ether oxygens (including phenoxy) is 1. The molecule has 3 rings (SSSR count). The molecule has 0 aromatic carbocycles. The van der Waals surface area contributed by atoms with Crippen LogP contribution in [0.25, 0.3) is 0 Å². The molecule has 23 heavy (non-hydrogen) atoms. The van der Waals surface area contributed by atoms with Gasteiger partial charge in [-0.2, -0.15) is 0 Å². The summed E-state index contributed by atoms with van der Waals surface area (Å²) in [6.45, 7) is 3.90. The van der Waals surface area contributed by atoms with Gasteiger partial charge in [-0.15, -0.1) is 0 Å². The van der Waals surface area contributed by atoms with Crippen LogP contribution in [0.15, 0.2) is 43.2 Å². The molecule has 3 heterocycles. The van der Waals surface area contributed by atoms with Gasteiger partial charge in [0.25, 0.3) is 0 Å². The number of rotatable bonds is 4. The van der Waals surface area contributed by atoms with Crippen LogP contribution in [0, 0.1) is 5.92 Å². The average molecular weight is 314 g/mol. The zero-order valence-electron chi connectivity index (χ0n) is 13.5. The molecule has 6 heteroatoms. The molecular weight excluding hydrogens is 292 g/mol. The number of esters is 1. The summed E-state index contributed by atoms with van der Waals surface area (Å²) < 4.78 is 7.18. The summed E-state index contributed by atoms with van der Waals surface area (Å²) in [6, 6.07) is 3.67. The second kappa shape index (κ2) is 6.91. The van der Waals surface area contributed by atoms with Crippen LogP contribution in [0.4, 0.5) is 0 Å². The molecule has 122 valence electrons. The molecule has 2 aromatic rings. The molecule has 0 radical (unpaired) electrons. The van der Waals surface area contributed by atoms with Crippen LogP contribution in [0.2, 0.25) is 0 Å². The lowest BCUT2D eigenvalue weighted by atomic mass is 9.91. The fraction of sp³-hybridized carbons (Fsp3) is 0.471. The molecule has 0 saturated carbocycles. The van der Waals surface area contributed by atoms with Gasteiger partial charge in [0.1, 0.15) is 6.04 Å². The molecule has 1 aliphatic rings. The van der Waals surface area contributed by atoms with Crippen molar-refractivity contribution in [2.45, 2.75) is 25.4 Å². The minimum absolute atomic E-state index is 0.239. The van der Waals surface area contributed by atoms with Crippen molar-refractivity contribution in [1.82, 2.24) is 19.4 Å². The maximum atomic E-state index is 12.4. The van der Waals surface area contributed by atoms with Gasteiger partial charge < -0.3 is 9.30 Å². The van der Waals surface area contributed by atoms with Crippen LogP contribution in [-0.4, -0.2) is 45.6 Å². The number of nitrogens with zero attached hydrogens (tertiary/aromatic N) is 4. The lowest BCUT2D eigenvalue weighted by Gasteiger charge is -2.40. The van der Waals surface area contributed by atoms with Crippen LogP contribution in [0.3, 0.4) is 0 Å². The van der Waals surface area contributed by atoms with Gasteiger partial charge in [0.2, 0.25) is 0 Å². The summed E-state index contributed by atoms with van der Waals surface area (Å²) in [7, 11) is 1.44. The standard InChI is InChI=1S/C17H22N4O2/c1-13-5-8-20(11-15(13)21-9-7-19-12-21)16(17(22)23-2)14-4-3-6-18-10-14/h3-4,6-7,9-10,12-13,15-16H,5,8,11H2,1-2H3/t13-,15-,16-/m0/s1. The van der Waals surface area contributed by atoms with E-state index >= 15 is 0 Å². The molecule has 3 atom stereocenters. The third kappa shape index (κ3) is 3.27. The minimum Gasteiger partial charge on any atom is -0.468 e. The van der Waals surface area contributed by atoms with Crippen molar-refractivity contribution in [2.24, 2.45) is 5.92 Å². The summed E-state index contributed by atoms with van der Waals surface area (Å²) in [5.74, 6) is 0.296. The van der Waals surface area contributed by atoms with E-state index in [1.165, 1.54) is 7.11 Å². The highest BCUT2D eigenvalue weighted by Gasteiger charge is 2.35. The van der Waals surface area contributed by atoms with Crippen molar-refractivity contribution in [2.75, 3.05) is 20.2 Å². The highest BCUT2D eigenvalue weighted by molar-refractivity contribution is 5.77. The van der Waals surface area contributed by atoms with E-state index in [1.54, 1.807) is 18.6 Å². The smallest absolute Gasteiger partial charge is 0.327 e. The molecule has 0 bridgehead atoms. The number of likely N-dealkylation sites (tertiary alicyclic amines) is 1. The Morgan fingerprint density at radius 1 is 1.39 bits per heavy atom. The Hall–Kier alpha value is -2.21. The van der Waals surface area contributed by atoms with Gasteiger partial charge in [0.05, 0.1) is 13.4 Å². The molecule has 6 nitrogen and oxygen atoms in total. The second-order valence-electron chi connectivity index (χ2n) is 6.05. The lowest BCUT2D eigenvalue weighted by molar-refractivity contribution is -0.148. The van der Waals surface area contributed by atoms with E-state index in [0.717, 1.165) is 25.1 Å². The zero-order valence-corrected chi connectivity index (χ0v) is 13.5. The first kappa shape index (κ1) is 15.7. The first-order chi connectivity index (χ1) is 11.2. The van der Waals surface area contributed by atoms with E-state index in [9.17, 15) is 4.79 Å². The molecule has 0 amide bonds. The lowest BCUT2D eigenvalue weighted by Crippen LogP contribution is -2.45. The van der Waals surface area contributed by atoms with Gasteiger partial charge in [0.15, 0.2) is 0 Å². The number of imidazole rings is 1. The van der Waals surface area contributed by atoms with Crippen molar-refractivity contribution in [1.29, 1.82) is 0 Å². The maximum absolute atomic E-state index is 12.4.